The maximum absolute atomic E-state index is 13.1. The number of carbonyl (C=O) groups excluding carboxylic acids is 1. The van der Waals surface area contributed by atoms with E-state index in [-0.39, 0.29) is 5.69 Å². The van der Waals surface area contributed by atoms with E-state index in [0.717, 1.165) is 15.8 Å². The molecule has 0 unspecified atom stereocenters. The Kier molecular flexibility index (Phi) is 5.47. The molecule has 1 N–H and O–H groups in total. The Bertz CT molecular complexity index is 1220. The van der Waals surface area contributed by atoms with Crippen LogP contribution in [0.1, 0.15) is 21.6 Å². The Morgan fingerprint density at radius 3 is 2.47 bits per heavy atom. The lowest BCUT2D eigenvalue weighted by molar-refractivity contribution is 0.0944. The first kappa shape index (κ1) is 19.3. The monoisotopic (exact) mass is 403 g/mol. The summed E-state index contributed by atoms with van der Waals surface area (Å²) in [6.07, 6.45) is 3.59. The quantitative estimate of drug-likeness (QED) is 0.536. The van der Waals surface area contributed by atoms with Crippen molar-refractivity contribution >= 4 is 5.91 Å². The highest BCUT2D eigenvalue weighted by Crippen LogP contribution is 2.11. The van der Waals surface area contributed by atoms with E-state index in [1.807, 2.05) is 36.5 Å². The van der Waals surface area contributed by atoms with Gasteiger partial charge in [0, 0.05) is 25.0 Å². The van der Waals surface area contributed by atoms with E-state index in [4.69, 9.17) is 0 Å². The molecule has 0 spiro atoms. The van der Waals surface area contributed by atoms with Gasteiger partial charge in [-0.05, 0) is 47.5 Å². The third kappa shape index (κ3) is 4.33. The van der Waals surface area contributed by atoms with E-state index in [9.17, 15) is 14.0 Å². The summed E-state index contributed by atoms with van der Waals surface area (Å²) in [6, 6.07) is 17.6. The molecule has 0 atom stereocenters. The van der Waals surface area contributed by atoms with E-state index < -0.39 is 17.3 Å². The predicted molar refractivity (Wildman–Crippen MR) is 109 cm³/mol. The van der Waals surface area contributed by atoms with E-state index in [1.54, 1.807) is 10.9 Å². The predicted octanol–water partition coefficient (Wildman–Crippen LogP) is 2.55. The van der Waals surface area contributed by atoms with E-state index >= 15 is 0 Å². The summed E-state index contributed by atoms with van der Waals surface area (Å²) in [4.78, 5) is 24.8. The molecule has 4 aromatic rings. The van der Waals surface area contributed by atoms with Crippen LogP contribution in [0.3, 0.4) is 0 Å². The lowest BCUT2D eigenvalue weighted by Crippen LogP contribution is -2.29. The van der Waals surface area contributed by atoms with Crippen LogP contribution in [0.2, 0.25) is 0 Å². The molecule has 0 saturated heterocycles. The lowest BCUT2D eigenvalue weighted by Gasteiger charge is -2.11. The standard InChI is InChI=1S/C22H18FN5O2/c23-18-6-8-19(9-7-18)28-21(29)11-10-20(26-28)22(30)24-14-16-4-1-2-5-17(16)15-27-13-3-12-25-27/h1-13H,14-15H2,(H,24,30). The van der Waals surface area contributed by atoms with Gasteiger partial charge in [0.05, 0.1) is 12.2 Å². The second kappa shape index (κ2) is 8.52. The molecule has 0 aliphatic rings. The number of amides is 1. The smallest absolute Gasteiger partial charge is 0.272 e. The topological polar surface area (TPSA) is 81.8 Å². The van der Waals surface area contributed by atoms with Gasteiger partial charge in [-0.3, -0.25) is 14.3 Å². The van der Waals surface area contributed by atoms with Crippen LogP contribution < -0.4 is 10.9 Å². The molecule has 2 heterocycles. The molecule has 30 heavy (non-hydrogen) atoms. The highest BCUT2D eigenvalue weighted by atomic mass is 19.1. The fraction of sp³-hybridized carbons (Fsp3) is 0.0909. The number of benzene rings is 2. The molecule has 150 valence electrons. The van der Waals surface area contributed by atoms with Gasteiger partial charge in [0.1, 0.15) is 11.5 Å². The molecule has 8 heteroatoms. The molecule has 2 aromatic heterocycles. The van der Waals surface area contributed by atoms with Gasteiger partial charge in [-0.15, -0.1) is 0 Å². The molecule has 1 amide bonds. The van der Waals surface area contributed by atoms with Crippen molar-refractivity contribution < 1.29 is 9.18 Å². The van der Waals surface area contributed by atoms with Gasteiger partial charge in [-0.1, -0.05) is 24.3 Å². The van der Waals surface area contributed by atoms with Crippen molar-refractivity contribution in [3.63, 3.8) is 0 Å². The van der Waals surface area contributed by atoms with Gasteiger partial charge in [0.25, 0.3) is 11.5 Å². The summed E-state index contributed by atoms with van der Waals surface area (Å²) in [5, 5.41) is 11.2. The molecule has 0 aliphatic carbocycles. The zero-order valence-electron chi connectivity index (χ0n) is 15.9. The highest BCUT2D eigenvalue weighted by molar-refractivity contribution is 5.92. The van der Waals surface area contributed by atoms with Crippen LogP contribution in [0.15, 0.2) is 83.9 Å². The van der Waals surface area contributed by atoms with Crippen LogP contribution in [0.25, 0.3) is 5.69 Å². The first-order valence-electron chi connectivity index (χ1n) is 9.29. The van der Waals surface area contributed by atoms with Gasteiger partial charge in [-0.2, -0.15) is 14.9 Å². The largest absolute Gasteiger partial charge is 0.347 e. The summed E-state index contributed by atoms with van der Waals surface area (Å²) in [6.45, 7) is 0.889. The van der Waals surface area contributed by atoms with Crippen LogP contribution in [0.5, 0.6) is 0 Å². The zero-order chi connectivity index (χ0) is 20.9. The Morgan fingerprint density at radius 1 is 0.967 bits per heavy atom. The summed E-state index contributed by atoms with van der Waals surface area (Å²) in [5.41, 5.74) is 2.03. The number of halogens is 1. The van der Waals surface area contributed by atoms with Crippen molar-refractivity contribution in [1.29, 1.82) is 0 Å². The third-order valence-electron chi connectivity index (χ3n) is 4.55. The molecule has 0 aliphatic heterocycles. The van der Waals surface area contributed by atoms with Crippen LogP contribution in [0.4, 0.5) is 4.39 Å². The van der Waals surface area contributed by atoms with Crippen molar-refractivity contribution in [2.45, 2.75) is 13.1 Å². The van der Waals surface area contributed by atoms with Gasteiger partial charge in [-0.25, -0.2) is 4.39 Å². The Morgan fingerprint density at radius 2 is 1.73 bits per heavy atom. The number of hydrogen-bond acceptors (Lipinski definition) is 4. The summed E-state index contributed by atoms with van der Waals surface area (Å²) in [7, 11) is 0. The minimum atomic E-state index is -0.422. The van der Waals surface area contributed by atoms with Gasteiger partial charge >= 0.3 is 0 Å². The number of nitrogens with one attached hydrogen (secondary N) is 1. The second-order valence-electron chi connectivity index (χ2n) is 6.60. The molecule has 2 aromatic carbocycles. The summed E-state index contributed by atoms with van der Waals surface area (Å²) in [5.74, 6) is -0.839. The first-order valence-corrected chi connectivity index (χ1v) is 9.29. The Balaban J connectivity index is 1.51. The first-order chi connectivity index (χ1) is 14.6. The van der Waals surface area contributed by atoms with Crippen LogP contribution >= 0.6 is 0 Å². The van der Waals surface area contributed by atoms with Gasteiger partial charge in [0.2, 0.25) is 0 Å². The average molecular weight is 403 g/mol. The zero-order valence-corrected chi connectivity index (χ0v) is 15.9. The summed E-state index contributed by atoms with van der Waals surface area (Å²) >= 11 is 0. The van der Waals surface area contributed by atoms with E-state index in [1.165, 1.54) is 36.4 Å². The number of nitrogens with zero attached hydrogens (tertiary/aromatic N) is 4. The van der Waals surface area contributed by atoms with E-state index in [0.29, 0.717) is 18.8 Å². The fourth-order valence-corrected chi connectivity index (χ4v) is 3.02. The lowest BCUT2D eigenvalue weighted by atomic mass is 10.1. The highest BCUT2D eigenvalue weighted by Gasteiger charge is 2.12. The second-order valence-corrected chi connectivity index (χ2v) is 6.60. The Hall–Kier alpha value is -4.07. The number of rotatable bonds is 6. The molecule has 0 saturated carbocycles. The molecule has 0 radical (unpaired) electrons. The average Bonchev–Trinajstić information content (AvgIpc) is 3.27. The van der Waals surface area contributed by atoms with Crippen molar-refractivity contribution in [3.05, 3.63) is 112 Å². The van der Waals surface area contributed by atoms with Crippen LogP contribution in [0, 0.1) is 5.82 Å². The molecule has 0 fully saturated rings. The molecule has 7 nitrogen and oxygen atoms in total. The molecular formula is C22H18FN5O2. The number of aromatic nitrogens is 4. The normalized spacial score (nSPS) is 10.7. The SMILES string of the molecule is O=C(NCc1ccccc1Cn1cccn1)c1ccc(=O)n(-c2ccc(F)cc2)n1. The maximum atomic E-state index is 13.1. The third-order valence-corrected chi connectivity index (χ3v) is 4.55. The van der Waals surface area contributed by atoms with Crippen molar-refractivity contribution in [2.24, 2.45) is 0 Å². The van der Waals surface area contributed by atoms with Crippen molar-refractivity contribution in [1.82, 2.24) is 24.9 Å². The summed E-state index contributed by atoms with van der Waals surface area (Å²) < 4.78 is 16.0. The maximum Gasteiger partial charge on any atom is 0.272 e. The van der Waals surface area contributed by atoms with Gasteiger partial charge < -0.3 is 5.32 Å². The van der Waals surface area contributed by atoms with Crippen LogP contribution in [-0.4, -0.2) is 25.5 Å². The van der Waals surface area contributed by atoms with E-state index in [2.05, 4.69) is 15.5 Å². The molecular weight excluding hydrogens is 385 g/mol. The van der Waals surface area contributed by atoms with Crippen LogP contribution in [-0.2, 0) is 13.1 Å². The van der Waals surface area contributed by atoms with Crippen molar-refractivity contribution in [2.75, 3.05) is 0 Å². The minimum absolute atomic E-state index is 0.0866. The number of carbonyl (C=O) groups is 1. The molecule has 4 rings (SSSR count). The van der Waals surface area contributed by atoms with Crippen molar-refractivity contribution in [3.8, 4) is 5.69 Å². The Labute approximate surface area is 171 Å². The molecule has 0 bridgehead atoms. The minimum Gasteiger partial charge on any atom is -0.347 e. The van der Waals surface area contributed by atoms with Gasteiger partial charge in [0.15, 0.2) is 0 Å². The number of hydrogen-bond donors (Lipinski definition) is 1. The fourth-order valence-electron chi connectivity index (χ4n) is 3.02.